The van der Waals surface area contributed by atoms with E-state index in [0.717, 1.165) is 0 Å². The third-order valence-corrected chi connectivity index (χ3v) is 2.37. The van der Waals surface area contributed by atoms with E-state index in [1.54, 1.807) is 25.8 Å². The van der Waals surface area contributed by atoms with Gasteiger partial charge in [-0.2, -0.15) is 0 Å². The Morgan fingerprint density at radius 1 is 1.47 bits per heavy atom. The maximum atomic E-state index is 11.1. The van der Waals surface area contributed by atoms with Crippen LogP contribution in [0.2, 0.25) is 0 Å². The predicted octanol–water partition coefficient (Wildman–Crippen LogP) is 0.590. The van der Waals surface area contributed by atoms with Crippen LogP contribution in [-0.4, -0.2) is 48.7 Å². The maximum absolute atomic E-state index is 11.1. The average Bonchev–Trinajstić information content (AvgIpc) is 2.16. The van der Waals surface area contributed by atoms with Crippen LogP contribution >= 0.6 is 0 Å². The van der Waals surface area contributed by atoms with Crippen molar-refractivity contribution in [2.24, 2.45) is 5.92 Å². The molecule has 0 aromatic rings. The molecule has 0 radical (unpaired) electrons. The van der Waals surface area contributed by atoms with Gasteiger partial charge in [0.25, 0.3) is 0 Å². The van der Waals surface area contributed by atoms with Crippen molar-refractivity contribution in [2.45, 2.75) is 26.3 Å². The number of hydrogen-bond acceptors (Lipinski definition) is 4. The van der Waals surface area contributed by atoms with Crippen LogP contribution in [0.25, 0.3) is 0 Å². The zero-order chi connectivity index (χ0) is 12.0. The summed E-state index contributed by atoms with van der Waals surface area (Å²) in [5, 5.41) is 8.89. The Morgan fingerprint density at radius 3 is 2.33 bits per heavy atom. The summed E-state index contributed by atoms with van der Waals surface area (Å²) in [6.45, 7) is 3.91. The molecule has 88 valence electrons. The molecule has 0 saturated heterocycles. The minimum Gasteiger partial charge on any atom is -0.480 e. The molecule has 0 amide bonds. The minimum absolute atomic E-state index is 0.312. The predicted molar refractivity (Wildman–Crippen MR) is 55.5 cm³/mol. The van der Waals surface area contributed by atoms with E-state index in [1.165, 1.54) is 7.11 Å². The highest BCUT2D eigenvalue weighted by molar-refractivity contribution is 5.74. The number of aliphatic carboxylic acids is 1. The first-order chi connectivity index (χ1) is 6.93. The van der Waals surface area contributed by atoms with Crippen molar-refractivity contribution in [1.82, 2.24) is 4.90 Å². The lowest BCUT2D eigenvalue weighted by molar-refractivity contribution is -0.148. The Labute approximate surface area is 90.0 Å². The molecule has 2 atom stereocenters. The zero-order valence-electron chi connectivity index (χ0n) is 9.69. The summed E-state index contributed by atoms with van der Waals surface area (Å²) in [7, 11) is 3.02. The molecule has 0 aromatic heterocycles. The topological polar surface area (TPSA) is 66.8 Å². The molecular formula is C10H19NO4. The fraction of sp³-hybridized carbons (Fsp3) is 0.800. The fourth-order valence-electron chi connectivity index (χ4n) is 1.51. The van der Waals surface area contributed by atoms with E-state index in [2.05, 4.69) is 4.74 Å². The second-order valence-electron chi connectivity index (χ2n) is 3.63. The summed E-state index contributed by atoms with van der Waals surface area (Å²) in [5.41, 5.74) is 0. The van der Waals surface area contributed by atoms with Gasteiger partial charge in [-0.15, -0.1) is 0 Å². The van der Waals surface area contributed by atoms with Crippen molar-refractivity contribution < 1.29 is 19.4 Å². The van der Waals surface area contributed by atoms with Crippen LogP contribution in [0, 0.1) is 5.92 Å². The van der Waals surface area contributed by atoms with Crippen molar-refractivity contribution in [3.05, 3.63) is 0 Å². The van der Waals surface area contributed by atoms with Gasteiger partial charge in [0.2, 0.25) is 0 Å². The minimum atomic E-state index is -0.864. The lowest BCUT2D eigenvalue weighted by atomic mass is 10.1. The van der Waals surface area contributed by atoms with Gasteiger partial charge in [-0.25, -0.2) is 0 Å². The lowest BCUT2D eigenvalue weighted by Gasteiger charge is -2.25. The van der Waals surface area contributed by atoms with Gasteiger partial charge in [-0.1, -0.05) is 13.8 Å². The molecule has 0 aliphatic carbocycles. The number of carbonyl (C=O) groups excluding carboxylic acids is 1. The standard InChI is InChI=1S/C10H19NO4/c1-5-8(9(12)13)11(3)6-7(2)10(14)15-4/h7-8H,5-6H2,1-4H3,(H,12,13). The van der Waals surface area contributed by atoms with Crippen LogP contribution in [0.5, 0.6) is 0 Å². The summed E-state index contributed by atoms with van der Waals surface area (Å²) in [5.74, 6) is -1.49. The van der Waals surface area contributed by atoms with Crippen LogP contribution in [0.4, 0.5) is 0 Å². The van der Waals surface area contributed by atoms with E-state index in [4.69, 9.17) is 5.11 Å². The number of hydrogen-bond donors (Lipinski definition) is 1. The van der Waals surface area contributed by atoms with Crippen LogP contribution < -0.4 is 0 Å². The van der Waals surface area contributed by atoms with Crippen molar-refractivity contribution in [2.75, 3.05) is 20.7 Å². The van der Waals surface area contributed by atoms with Crippen molar-refractivity contribution in [3.63, 3.8) is 0 Å². The van der Waals surface area contributed by atoms with Gasteiger partial charge < -0.3 is 9.84 Å². The largest absolute Gasteiger partial charge is 0.480 e. The Morgan fingerprint density at radius 2 is 2.00 bits per heavy atom. The van der Waals surface area contributed by atoms with Gasteiger partial charge in [0.05, 0.1) is 13.0 Å². The third kappa shape index (κ3) is 4.29. The molecule has 0 saturated carbocycles. The Kier molecular flexibility index (Phi) is 5.93. The molecule has 5 nitrogen and oxygen atoms in total. The highest BCUT2D eigenvalue weighted by Gasteiger charge is 2.24. The van der Waals surface area contributed by atoms with E-state index < -0.39 is 12.0 Å². The van der Waals surface area contributed by atoms with Crippen LogP contribution in [0.1, 0.15) is 20.3 Å². The van der Waals surface area contributed by atoms with Gasteiger partial charge in [0.15, 0.2) is 0 Å². The number of carboxylic acid groups (broad SMARTS) is 1. The van der Waals surface area contributed by atoms with E-state index in [1.807, 2.05) is 0 Å². The second-order valence-corrected chi connectivity index (χ2v) is 3.63. The SMILES string of the molecule is CCC(C(=O)O)N(C)CC(C)C(=O)OC. The maximum Gasteiger partial charge on any atom is 0.320 e. The smallest absolute Gasteiger partial charge is 0.320 e. The van der Waals surface area contributed by atoms with Crippen LogP contribution in [0.3, 0.4) is 0 Å². The molecule has 0 bridgehead atoms. The van der Waals surface area contributed by atoms with Crippen molar-refractivity contribution in [3.8, 4) is 0 Å². The van der Waals surface area contributed by atoms with E-state index in [9.17, 15) is 9.59 Å². The Bertz CT molecular complexity index is 229. The Hall–Kier alpha value is -1.10. The molecule has 0 aliphatic rings. The number of nitrogens with zero attached hydrogens (tertiary/aromatic N) is 1. The number of methoxy groups -OCH3 is 1. The monoisotopic (exact) mass is 217 g/mol. The van der Waals surface area contributed by atoms with Crippen molar-refractivity contribution in [1.29, 1.82) is 0 Å². The van der Waals surface area contributed by atoms with Gasteiger partial charge in [-0.05, 0) is 13.5 Å². The van der Waals surface area contributed by atoms with Crippen LogP contribution in [-0.2, 0) is 14.3 Å². The molecule has 1 N–H and O–H groups in total. The average molecular weight is 217 g/mol. The summed E-state index contributed by atoms with van der Waals surface area (Å²) < 4.78 is 4.57. The Balaban J connectivity index is 4.27. The first-order valence-electron chi connectivity index (χ1n) is 4.94. The number of ether oxygens (including phenoxy) is 1. The van der Waals surface area contributed by atoms with Gasteiger partial charge >= 0.3 is 11.9 Å². The second kappa shape index (κ2) is 6.40. The molecule has 0 spiro atoms. The lowest BCUT2D eigenvalue weighted by Crippen LogP contribution is -2.41. The summed E-state index contributed by atoms with van der Waals surface area (Å²) >= 11 is 0. The normalized spacial score (nSPS) is 14.7. The molecule has 5 heteroatoms. The van der Waals surface area contributed by atoms with Gasteiger partial charge in [0, 0.05) is 6.54 Å². The van der Waals surface area contributed by atoms with E-state index >= 15 is 0 Å². The molecule has 0 fully saturated rings. The molecule has 2 unspecified atom stereocenters. The summed E-state index contributed by atoms with van der Waals surface area (Å²) in [4.78, 5) is 23.6. The number of likely N-dealkylation sites (N-methyl/N-ethyl adjacent to an activating group) is 1. The van der Waals surface area contributed by atoms with Crippen LogP contribution in [0.15, 0.2) is 0 Å². The summed E-state index contributed by atoms with van der Waals surface area (Å²) in [6, 6.07) is -0.544. The highest BCUT2D eigenvalue weighted by Crippen LogP contribution is 2.07. The molecule has 0 aliphatic heterocycles. The van der Waals surface area contributed by atoms with E-state index in [0.29, 0.717) is 13.0 Å². The molecule has 0 heterocycles. The first-order valence-corrected chi connectivity index (χ1v) is 4.94. The number of carbonyl (C=O) groups is 2. The third-order valence-electron chi connectivity index (χ3n) is 2.37. The molecular weight excluding hydrogens is 198 g/mol. The first kappa shape index (κ1) is 13.9. The quantitative estimate of drug-likeness (QED) is 0.659. The highest BCUT2D eigenvalue weighted by atomic mass is 16.5. The number of esters is 1. The molecule has 0 rings (SSSR count). The van der Waals surface area contributed by atoms with Gasteiger partial charge in [0.1, 0.15) is 6.04 Å². The molecule has 15 heavy (non-hydrogen) atoms. The number of carboxylic acids is 1. The van der Waals surface area contributed by atoms with Crippen molar-refractivity contribution >= 4 is 11.9 Å². The van der Waals surface area contributed by atoms with Gasteiger partial charge in [-0.3, -0.25) is 14.5 Å². The molecule has 0 aromatic carbocycles. The fourth-order valence-corrected chi connectivity index (χ4v) is 1.51. The summed E-state index contributed by atoms with van der Waals surface area (Å²) in [6.07, 6.45) is 0.514. The van der Waals surface area contributed by atoms with E-state index in [-0.39, 0.29) is 11.9 Å². The number of rotatable bonds is 6. The zero-order valence-corrected chi connectivity index (χ0v) is 9.69.